The molecule has 1 atom stereocenters. The molecule has 0 aromatic rings. The summed E-state index contributed by atoms with van der Waals surface area (Å²) in [4.78, 5) is 0. The number of nitrogens with two attached hydrogens (primary N) is 1. The molecule has 5 heteroatoms. The predicted octanol–water partition coefficient (Wildman–Crippen LogP) is -1.29. The molecule has 0 aromatic heterocycles. The SMILES string of the molecule is COCCOCCOC([SiH3])CCN. The Hall–Kier alpha value is 0.0569. The van der Waals surface area contributed by atoms with Gasteiger partial charge in [0.15, 0.2) is 0 Å². The zero-order chi connectivity index (χ0) is 9.94. The summed E-state index contributed by atoms with van der Waals surface area (Å²) in [6, 6.07) is 0. The average molecular weight is 207 g/mol. The van der Waals surface area contributed by atoms with Crippen molar-refractivity contribution in [3.05, 3.63) is 0 Å². The number of ether oxygens (including phenoxy) is 3. The number of hydrogen-bond donors (Lipinski definition) is 1. The molecule has 4 nitrogen and oxygen atoms in total. The molecular formula is C8H21NO3Si. The normalized spacial score (nSPS) is 13.4. The van der Waals surface area contributed by atoms with Gasteiger partial charge in [0.2, 0.25) is 0 Å². The minimum atomic E-state index is 0.371. The zero-order valence-corrected chi connectivity index (χ0v) is 10.6. The maximum Gasteiger partial charge on any atom is 0.0701 e. The van der Waals surface area contributed by atoms with Gasteiger partial charge in [-0.05, 0) is 13.0 Å². The molecule has 13 heavy (non-hydrogen) atoms. The van der Waals surface area contributed by atoms with E-state index in [1.807, 2.05) is 0 Å². The van der Waals surface area contributed by atoms with Crippen molar-refractivity contribution in [2.75, 3.05) is 40.1 Å². The third-order valence-corrected chi connectivity index (χ3v) is 2.55. The smallest absolute Gasteiger partial charge is 0.0701 e. The summed E-state index contributed by atoms with van der Waals surface area (Å²) in [6.45, 7) is 3.30. The zero-order valence-electron chi connectivity index (χ0n) is 8.62. The van der Waals surface area contributed by atoms with Gasteiger partial charge in [-0.15, -0.1) is 0 Å². The molecule has 0 aliphatic carbocycles. The number of hydrogen-bond acceptors (Lipinski definition) is 4. The Morgan fingerprint density at radius 3 is 2.54 bits per heavy atom. The number of methoxy groups -OCH3 is 1. The highest BCUT2D eigenvalue weighted by molar-refractivity contribution is 6.10. The molecule has 0 aliphatic rings. The Bertz CT molecular complexity index is 105. The molecular weight excluding hydrogens is 186 g/mol. The van der Waals surface area contributed by atoms with Gasteiger partial charge in [-0.25, -0.2) is 0 Å². The van der Waals surface area contributed by atoms with E-state index < -0.39 is 0 Å². The molecule has 0 saturated heterocycles. The molecule has 0 rings (SSSR count). The van der Waals surface area contributed by atoms with E-state index in [1.54, 1.807) is 7.11 Å². The van der Waals surface area contributed by atoms with E-state index in [1.165, 1.54) is 0 Å². The van der Waals surface area contributed by atoms with Crippen LogP contribution in [0.25, 0.3) is 0 Å². The lowest BCUT2D eigenvalue weighted by atomic mass is 10.4. The first kappa shape index (κ1) is 13.1. The van der Waals surface area contributed by atoms with Gasteiger partial charge in [0, 0.05) is 23.1 Å². The van der Waals surface area contributed by atoms with Crippen LogP contribution in [0.4, 0.5) is 0 Å². The number of rotatable bonds is 9. The fourth-order valence-electron chi connectivity index (χ4n) is 0.871. The minimum absolute atomic E-state index is 0.371. The van der Waals surface area contributed by atoms with Crippen LogP contribution in [0.3, 0.4) is 0 Å². The van der Waals surface area contributed by atoms with Crippen LogP contribution in [0.1, 0.15) is 6.42 Å². The maximum atomic E-state index is 5.48. The third kappa shape index (κ3) is 9.97. The maximum absolute atomic E-state index is 5.48. The Morgan fingerprint density at radius 1 is 1.23 bits per heavy atom. The van der Waals surface area contributed by atoms with Crippen LogP contribution in [-0.2, 0) is 14.2 Å². The molecule has 80 valence electrons. The third-order valence-electron chi connectivity index (χ3n) is 1.64. The van der Waals surface area contributed by atoms with Gasteiger partial charge in [0.05, 0.1) is 26.4 Å². The molecule has 0 aliphatic heterocycles. The molecule has 0 heterocycles. The van der Waals surface area contributed by atoms with Gasteiger partial charge in [0.25, 0.3) is 0 Å². The summed E-state index contributed by atoms with van der Waals surface area (Å²) >= 11 is 0. The van der Waals surface area contributed by atoms with Gasteiger partial charge >= 0.3 is 0 Å². The van der Waals surface area contributed by atoms with Crippen LogP contribution in [0, 0.1) is 0 Å². The molecule has 1 unspecified atom stereocenters. The van der Waals surface area contributed by atoms with Gasteiger partial charge in [-0.3, -0.25) is 0 Å². The van der Waals surface area contributed by atoms with Crippen molar-refractivity contribution in [2.24, 2.45) is 5.73 Å². The van der Waals surface area contributed by atoms with Gasteiger partial charge < -0.3 is 19.9 Å². The van der Waals surface area contributed by atoms with Crippen LogP contribution in [0.5, 0.6) is 0 Å². The van der Waals surface area contributed by atoms with Gasteiger partial charge in [0.1, 0.15) is 0 Å². The molecule has 0 aromatic carbocycles. The van der Waals surface area contributed by atoms with E-state index in [4.69, 9.17) is 19.9 Å². The van der Waals surface area contributed by atoms with Crippen molar-refractivity contribution >= 4 is 10.2 Å². The molecule has 0 bridgehead atoms. The van der Waals surface area contributed by atoms with Crippen LogP contribution < -0.4 is 5.73 Å². The summed E-state index contributed by atoms with van der Waals surface area (Å²) in [5, 5.41) is 0. The molecule has 0 fully saturated rings. The highest BCUT2D eigenvalue weighted by Crippen LogP contribution is 1.90. The quantitative estimate of drug-likeness (QED) is 0.377. The average Bonchev–Trinajstić information content (AvgIpc) is 2.11. The standard InChI is InChI=1S/C8H21NO3Si/c1-10-4-5-11-6-7-12-8(13)2-3-9/h8H,2-7,9H2,1,13H3. The van der Waals surface area contributed by atoms with Gasteiger partial charge in [-0.2, -0.15) is 0 Å². The summed E-state index contributed by atoms with van der Waals surface area (Å²) in [6.07, 6.45) is 0.963. The summed E-state index contributed by atoms with van der Waals surface area (Å²) in [5.74, 6) is 0. The second-order valence-electron chi connectivity index (χ2n) is 2.86. The second-order valence-corrected chi connectivity index (χ2v) is 4.15. The Labute approximate surface area is 83.1 Å². The van der Waals surface area contributed by atoms with E-state index in [0.29, 0.717) is 38.7 Å². The van der Waals surface area contributed by atoms with Gasteiger partial charge in [-0.1, -0.05) is 0 Å². The minimum Gasteiger partial charge on any atom is -0.382 e. The fourth-order valence-corrected chi connectivity index (χ4v) is 1.44. The Balaban J connectivity index is 2.97. The first-order valence-corrected chi connectivity index (χ1v) is 5.85. The lowest BCUT2D eigenvalue weighted by molar-refractivity contribution is 0.0149. The largest absolute Gasteiger partial charge is 0.382 e. The lowest BCUT2D eigenvalue weighted by Crippen LogP contribution is -2.20. The van der Waals surface area contributed by atoms with Crippen molar-refractivity contribution in [1.29, 1.82) is 0 Å². The lowest BCUT2D eigenvalue weighted by Gasteiger charge is -2.11. The highest BCUT2D eigenvalue weighted by Gasteiger charge is 1.99. The van der Waals surface area contributed by atoms with E-state index >= 15 is 0 Å². The second kappa shape index (κ2) is 10.1. The Kier molecular flexibility index (Phi) is 10.2. The summed E-state index contributed by atoms with van der Waals surface area (Å²) in [7, 11) is 2.70. The van der Waals surface area contributed by atoms with Crippen LogP contribution in [0.15, 0.2) is 0 Å². The molecule has 2 N–H and O–H groups in total. The fraction of sp³-hybridized carbons (Fsp3) is 1.00. The monoisotopic (exact) mass is 207 g/mol. The molecule has 0 amide bonds. The highest BCUT2D eigenvalue weighted by atomic mass is 28.1. The van der Waals surface area contributed by atoms with Crippen molar-refractivity contribution in [2.45, 2.75) is 12.1 Å². The summed E-state index contributed by atoms with van der Waals surface area (Å²) < 4.78 is 15.5. The van der Waals surface area contributed by atoms with Crippen molar-refractivity contribution < 1.29 is 14.2 Å². The van der Waals surface area contributed by atoms with E-state index in [9.17, 15) is 0 Å². The first-order chi connectivity index (χ1) is 6.31. The predicted molar refractivity (Wildman–Crippen MR) is 56.0 cm³/mol. The van der Waals surface area contributed by atoms with Crippen LogP contribution in [0.2, 0.25) is 0 Å². The van der Waals surface area contributed by atoms with Crippen molar-refractivity contribution in [3.63, 3.8) is 0 Å². The Morgan fingerprint density at radius 2 is 1.92 bits per heavy atom. The topological polar surface area (TPSA) is 53.7 Å². The van der Waals surface area contributed by atoms with E-state index in [-0.39, 0.29) is 0 Å². The van der Waals surface area contributed by atoms with E-state index in [2.05, 4.69) is 0 Å². The van der Waals surface area contributed by atoms with Crippen molar-refractivity contribution in [1.82, 2.24) is 0 Å². The molecule has 0 spiro atoms. The van der Waals surface area contributed by atoms with Crippen LogP contribution in [-0.4, -0.2) is 56.1 Å². The molecule has 0 radical (unpaired) electrons. The molecule has 0 saturated carbocycles. The van der Waals surface area contributed by atoms with Crippen molar-refractivity contribution in [3.8, 4) is 0 Å². The van der Waals surface area contributed by atoms with E-state index in [0.717, 1.165) is 16.7 Å². The van der Waals surface area contributed by atoms with Crippen LogP contribution >= 0.6 is 0 Å². The summed E-state index contributed by atoms with van der Waals surface area (Å²) in [5.41, 5.74) is 5.77. The first-order valence-electron chi connectivity index (χ1n) is 4.69.